The molecule has 0 radical (unpaired) electrons. The van der Waals surface area contributed by atoms with E-state index >= 15 is 0 Å². The van der Waals surface area contributed by atoms with Crippen molar-refractivity contribution in [2.75, 3.05) is 26.2 Å². The van der Waals surface area contributed by atoms with Crippen molar-refractivity contribution in [3.63, 3.8) is 0 Å². The number of aliphatic hydroxyl groups is 1. The van der Waals surface area contributed by atoms with Gasteiger partial charge in [0.1, 0.15) is 12.1 Å². The molecule has 1 N–H and O–H groups in total. The lowest BCUT2D eigenvalue weighted by atomic mass is 9.83. The molecule has 4 rings (SSSR count). The van der Waals surface area contributed by atoms with Crippen molar-refractivity contribution in [3.8, 4) is 0 Å². The first-order valence-electron chi connectivity index (χ1n) is 7.68. The number of quaternary nitrogens is 1. The smallest absolute Gasteiger partial charge is 0.115 e. The Hall–Kier alpha value is -0.860. The molecule has 3 heterocycles. The van der Waals surface area contributed by atoms with Crippen LogP contribution in [0.15, 0.2) is 30.3 Å². The first-order chi connectivity index (χ1) is 9.07. The zero-order valence-electron chi connectivity index (χ0n) is 12.0. The monoisotopic (exact) mass is 260 g/mol. The van der Waals surface area contributed by atoms with Crippen LogP contribution in [0, 0.1) is 5.92 Å². The molecule has 0 aliphatic carbocycles. The zero-order valence-corrected chi connectivity index (χ0v) is 12.0. The van der Waals surface area contributed by atoms with Crippen LogP contribution in [-0.4, -0.2) is 41.4 Å². The van der Waals surface area contributed by atoms with Gasteiger partial charge in [-0.15, -0.1) is 0 Å². The van der Waals surface area contributed by atoms with Crippen LogP contribution in [0.4, 0.5) is 0 Å². The Morgan fingerprint density at radius 1 is 1.11 bits per heavy atom. The number of piperidine rings is 3. The minimum Gasteiger partial charge on any atom is -0.384 e. The second-order valence-electron chi connectivity index (χ2n) is 7.06. The molecule has 0 saturated carbocycles. The van der Waals surface area contributed by atoms with Crippen molar-refractivity contribution >= 4 is 0 Å². The molecule has 3 saturated heterocycles. The van der Waals surface area contributed by atoms with E-state index in [0.717, 1.165) is 23.4 Å². The third kappa shape index (κ3) is 3.01. The fraction of sp³-hybridized carbons (Fsp3) is 0.647. The van der Waals surface area contributed by atoms with E-state index < -0.39 is 5.60 Å². The molecular weight excluding hydrogens is 234 g/mol. The van der Waals surface area contributed by atoms with Gasteiger partial charge in [-0.3, -0.25) is 0 Å². The molecule has 3 aliphatic rings. The molecule has 0 amide bonds. The Kier molecular flexibility index (Phi) is 3.40. The third-order valence-corrected chi connectivity index (χ3v) is 5.14. The topological polar surface area (TPSA) is 20.2 Å². The number of hydrogen-bond acceptors (Lipinski definition) is 1. The highest BCUT2D eigenvalue weighted by Gasteiger charge is 2.43. The molecule has 1 unspecified atom stereocenters. The molecule has 2 bridgehead atoms. The lowest BCUT2D eigenvalue weighted by Gasteiger charge is -2.51. The number of benzene rings is 1. The van der Waals surface area contributed by atoms with E-state index in [0.29, 0.717) is 0 Å². The van der Waals surface area contributed by atoms with Gasteiger partial charge in [0.25, 0.3) is 0 Å². The first kappa shape index (κ1) is 13.1. The van der Waals surface area contributed by atoms with Gasteiger partial charge < -0.3 is 9.59 Å². The van der Waals surface area contributed by atoms with Crippen LogP contribution in [0.5, 0.6) is 0 Å². The maximum atomic E-state index is 10.8. The fourth-order valence-corrected chi connectivity index (χ4v) is 4.19. The normalized spacial score (nSPS) is 33.1. The second-order valence-corrected chi connectivity index (χ2v) is 7.06. The molecule has 0 aromatic heterocycles. The van der Waals surface area contributed by atoms with Gasteiger partial charge in [0, 0.05) is 6.42 Å². The zero-order chi connectivity index (χ0) is 13.3. The molecular formula is C17H26NO+. The van der Waals surface area contributed by atoms with Gasteiger partial charge in [-0.25, -0.2) is 0 Å². The number of nitrogens with zero attached hydrogens (tertiary/aromatic N) is 1. The summed E-state index contributed by atoms with van der Waals surface area (Å²) in [6.45, 7) is 6.81. The average Bonchev–Trinajstić information content (AvgIpc) is 2.40. The van der Waals surface area contributed by atoms with Crippen LogP contribution in [-0.2, 0) is 6.42 Å². The van der Waals surface area contributed by atoms with E-state index in [-0.39, 0.29) is 0 Å². The number of hydrogen-bond donors (Lipinski definition) is 1. The lowest BCUT2D eigenvalue weighted by Crippen LogP contribution is -2.63. The molecule has 1 aromatic rings. The minimum atomic E-state index is -0.578. The van der Waals surface area contributed by atoms with Crippen LogP contribution in [0.3, 0.4) is 0 Å². The summed E-state index contributed by atoms with van der Waals surface area (Å²) in [7, 11) is 0. The highest BCUT2D eigenvalue weighted by atomic mass is 16.3. The fourth-order valence-electron chi connectivity index (χ4n) is 4.19. The van der Waals surface area contributed by atoms with Crippen molar-refractivity contribution in [2.45, 2.75) is 38.2 Å². The van der Waals surface area contributed by atoms with E-state index in [4.69, 9.17) is 0 Å². The summed E-state index contributed by atoms with van der Waals surface area (Å²) in [5.74, 6) is 0.985. The van der Waals surface area contributed by atoms with Crippen molar-refractivity contribution in [1.82, 2.24) is 0 Å². The molecule has 3 aliphatic heterocycles. The van der Waals surface area contributed by atoms with Gasteiger partial charge in [-0.05, 0) is 37.7 Å². The molecule has 3 fully saturated rings. The number of fused-ring (bicyclic) bond motifs is 3. The molecule has 1 aromatic carbocycles. The highest BCUT2D eigenvalue weighted by molar-refractivity contribution is 5.16. The van der Waals surface area contributed by atoms with E-state index in [1.165, 1.54) is 44.5 Å². The Morgan fingerprint density at radius 2 is 1.68 bits per heavy atom. The van der Waals surface area contributed by atoms with Crippen LogP contribution in [0.25, 0.3) is 0 Å². The molecule has 2 heteroatoms. The van der Waals surface area contributed by atoms with Gasteiger partial charge in [0.2, 0.25) is 0 Å². The number of rotatable bonds is 4. The lowest BCUT2D eigenvalue weighted by molar-refractivity contribution is -0.947. The molecule has 104 valence electrons. The molecule has 1 atom stereocenters. The molecule has 19 heavy (non-hydrogen) atoms. The second kappa shape index (κ2) is 4.92. The highest BCUT2D eigenvalue weighted by Crippen LogP contribution is 2.35. The minimum absolute atomic E-state index is 0.578. The predicted molar refractivity (Wildman–Crippen MR) is 77.8 cm³/mol. The van der Waals surface area contributed by atoms with Gasteiger partial charge >= 0.3 is 0 Å². The van der Waals surface area contributed by atoms with E-state index in [2.05, 4.69) is 24.3 Å². The van der Waals surface area contributed by atoms with Crippen molar-refractivity contribution < 1.29 is 9.59 Å². The summed E-state index contributed by atoms with van der Waals surface area (Å²) in [6.07, 6.45) is 4.90. The third-order valence-electron chi connectivity index (χ3n) is 5.14. The maximum absolute atomic E-state index is 10.8. The Bertz CT molecular complexity index is 404. The summed E-state index contributed by atoms with van der Waals surface area (Å²) in [4.78, 5) is 0. The predicted octanol–water partition coefficient (Wildman–Crippen LogP) is 2.61. The van der Waals surface area contributed by atoms with Crippen molar-refractivity contribution in [1.29, 1.82) is 0 Å². The van der Waals surface area contributed by atoms with Crippen LogP contribution < -0.4 is 0 Å². The summed E-state index contributed by atoms with van der Waals surface area (Å²) in [6, 6.07) is 10.4. The Balaban J connectivity index is 1.67. The van der Waals surface area contributed by atoms with E-state index in [9.17, 15) is 5.11 Å². The van der Waals surface area contributed by atoms with Gasteiger partial charge in [0.05, 0.1) is 19.6 Å². The van der Waals surface area contributed by atoms with Crippen LogP contribution in [0.2, 0.25) is 0 Å². The van der Waals surface area contributed by atoms with Gasteiger partial charge in [-0.1, -0.05) is 30.3 Å². The van der Waals surface area contributed by atoms with Crippen molar-refractivity contribution in [2.24, 2.45) is 5.92 Å². The summed E-state index contributed by atoms with van der Waals surface area (Å²) >= 11 is 0. The maximum Gasteiger partial charge on any atom is 0.115 e. The van der Waals surface area contributed by atoms with Crippen LogP contribution >= 0.6 is 0 Å². The van der Waals surface area contributed by atoms with Crippen molar-refractivity contribution in [3.05, 3.63) is 35.9 Å². The molecule has 0 spiro atoms. The van der Waals surface area contributed by atoms with Gasteiger partial charge in [-0.2, -0.15) is 0 Å². The standard InChI is InChI=1S/C17H26NO/c1-17(19,13-16-5-3-2-4-6-16)14-18-10-7-15(8-11-18)9-12-18/h2-6,15,19H,7-14H2,1H3/q+1. The summed E-state index contributed by atoms with van der Waals surface area (Å²) in [5, 5.41) is 10.8. The Morgan fingerprint density at radius 3 is 2.26 bits per heavy atom. The van der Waals surface area contributed by atoms with E-state index in [1.54, 1.807) is 0 Å². The summed E-state index contributed by atoms with van der Waals surface area (Å²) < 4.78 is 1.16. The average molecular weight is 260 g/mol. The quantitative estimate of drug-likeness (QED) is 0.825. The Labute approximate surface area is 116 Å². The largest absolute Gasteiger partial charge is 0.384 e. The van der Waals surface area contributed by atoms with Crippen LogP contribution in [0.1, 0.15) is 31.7 Å². The van der Waals surface area contributed by atoms with Gasteiger partial charge in [0.15, 0.2) is 0 Å². The SMILES string of the molecule is CC(O)(Cc1ccccc1)C[N+]12CCC(CC1)CC2. The van der Waals surface area contributed by atoms with E-state index in [1.807, 2.05) is 13.0 Å². The summed E-state index contributed by atoms with van der Waals surface area (Å²) in [5.41, 5.74) is 0.670. The first-order valence-corrected chi connectivity index (χ1v) is 7.68. The molecule has 2 nitrogen and oxygen atoms in total.